The van der Waals surface area contributed by atoms with Gasteiger partial charge in [0, 0.05) is 23.0 Å². The number of amides is 1. The molecule has 150 valence electrons. The van der Waals surface area contributed by atoms with Gasteiger partial charge in [0.1, 0.15) is 24.3 Å². The molecule has 0 unspecified atom stereocenters. The fourth-order valence-corrected chi connectivity index (χ4v) is 3.96. The molecule has 0 saturated carbocycles. The van der Waals surface area contributed by atoms with Crippen LogP contribution in [-0.2, 0) is 6.42 Å². The number of nitrogen functional groups attached to an aromatic ring is 1. The summed E-state index contributed by atoms with van der Waals surface area (Å²) in [7, 11) is 0. The summed E-state index contributed by atoms with van der Waals surface area (Å²) in [5.41, 5.74) is 10.5. The Balaban J connectivity index is 1.57. The summed E-state index contributed by atoms with van der Waals surface area (Å²) in [6, 6.07) is 16.5. The van der Waals surface area contributed by atoms with E-state index in [1.165, 1.54) is 17.6 Å². The normalized spacial score (nSPS) is 13.8. The Hall–Kier alpha value is -3.87. The molecule has 1 aliphatic rings. The van der Waals surface area contributed by atoms with E-state index in [-0.39, 0.29) is 23.2 Å². The van der Waals surface area contributed by atoms with E-state index in [0.29, 0.717) is 13.2 Å². The third-order valence-corrected chi connectivity index (χ3v) is 5.47. The first kappa shape index (κ1) is 18.2. The zero-order valence-electron chi connectivity index (χ0n) is 16.6. The number of hydrogen-bond donors (Lipinski definition) is 1. The van der Waals surface area contributed by atoms with Crippen LogP contribution in [0.4, 0.5) is 11.5 Å². The summed E-state index contributed by atoms with van der Waals surface area (Å²) >= 11 is 0. The largest absolute Gasteiger partial charge is 0.475 e. The van der Waals surface area contributed by atoms with Crippen LogP contribution in [0, 0.1) is 0 Å². The molecule has 7 nitrogen and oxygen atoms in total. The van der Waals surface area contributed by atoms with Crippen LogP contribution in [0.1, 0.15) is 22.8 Å². The van der Waals surface area contributed by atoms with E-state index in [0.717, 1.165) is 23.0 Å². The molecule has 0 radical (unpaired) electrons. The SMILES string of the molecule is CCc1ccccc1-n1ccc2cc(N3CCOc4ncnc(N)c4C3=O)ccc21. The average Bonchev–Trinajstić information content (AvgIpc) is 3.11. The number of aromatic nitrogens is 3. The van der Waals surface area contributed by atoms with Crippen molar-refractivity contribution >= 4 is 28.3 Å². The molecule has 0 atom stereocenters. The number of rotatable bonds is 3. The Morgan fingerprint density at radius 2 is 2.00 bits per heavy atom. The van der Waals surface area contributed by atoms with Crippen molar-refractivity contribution in [3.8, 4) is 11.6 Å². The van der Waals surface area contributed by atoms with Crippen LogP contribution in [-0.4, -0.2) is 33.6 Å². The fourth-order valence-electron chi connectivity index (χ4n) is 3.96. The van der Waals surface area contributed by atoms with Crippen LogP contribution >= 0.6 is 0 Å². The zero-order valence-corrected chi connectivity index (χ0v) is 16.6. The topological polar surface area (TPSA) is 86.3 Å². The van der Waals surface area contributed by atoms with Gasteiger partial charge in [-0.3, -0.25) is 4.79 Å². The average molecular weight is 399 g/mol. The van der Waals surface area contributed by atoms with Crippen LogP contribution in [0.15, 0.2) is 61.1 Å². The van der Waals surface area contributed by atoms with Crippen molar-refractivity contribution in [3.05, 3.63) is 72.2 Å². The molecule has 0 saturated heterocycles. The highest BCUT2D eigenvalue weighted by Gasteiger charge is 2.28. The second-order valence-electron chi connectivity index (χ2n) is 7.16. The molecular weight excluding hydrogens is 378 g/mol. The first-order valence-corrected chi connectivity index (χ1v) is 9.92. The molecule has 4 aromatic rings. The molecule has 2 N–H and O–H groups in total. The number of hydrogen-bond acceptors (Lipinski definition) is 5. The van der Waals surface area contributed by atoms with Crippen molar-refractivity contribution in [2.24, 2.45) is 0 Å². The van der Waals surface area contributed by atoms with Gasteiger partial charge < -0.3 is 19.9 Å². The zero-order chi connectivity index (χ0) is 20.7. The molecule has 5 rings (SSSR count). The van der Waals surface area contributed by atoms with Crippen LogP contribution in [0.25, 0.3) is 16.6 Å². The van der Waals surface area contributed by atoms with Crippen molar-refractivity contribution in [1.82, 2.24) is 14.5 Å². The van der Waals surface area contributed by atoms with E-state index in [1.807, 2.05) is 18.2 Å². The molecule has 7 heteroatoms. The summed E-state index contributed by atoms with van der Waals surface area (Å²) in [5, 5.41) is 1.05. The van der Waals surface area contributed by atoms with Gasteiger partial charge in [-0.1, -0.05) is 25.1 Å². The van der Waals surface area contributed by atoms with Gasteiger partial charge in [0.25, 0.3) is 5.91 Å². The van der Waals surface area contributed by atoms with Crippen molar-refractivity contribution in [3.63, 3.8) is 0 Å². The molecule has 0 spiro atoms. The number of nitrogens with zero attached hydrogens (tertiary/aromatic N) is 4. The number of carbonyl (C=O) groups is 1. The van der Waals surface area contributed by atoms with E-state index in [9.17, 15) is 4.79 Å². The summed E-state index contributed by atoms with van der Waals surface area (Å²) in [6.07, 6.45) is 4.33. The smallest absolute Gasteiger partial charge is 0.267 e. The molecular formula is C23H21N5O2. The lowest BCUT2D eigenvalue weighted by molar-refractivity contribution is 0.0990. The van der Waals surface area contributed by atoms with E-state index in [2.05, 4.69) is 58.0 Å². The number of aryl methyl sites for hydroxylation is 1. The summed E-state index contributed by atoms with van der Waals surface area (Å²) < 4.78 is 7.82. The number of anilines is 2. The van der Waals surface area contributed by atoms with Gasteiger partial charge in [-0.05, 0) is 42.3 Å². The maximum absolute atomic E-state index is 13.2. The highest BCUT2D eigenvalue weighted by Crippen LogP contribution is 2.31. The number of carbonyl (C=O) groups excluding carboxylic acids is 1. The van der Waals surface area contributed by atoms with E-state index in [1.54, 1.807) is 4.90 Å². The molecule has 2 aromatic carbocycles. The third-order valence-electron chi connectivity index (χ3n) is 5.47. The van der Waals surface area contributed by atoms with Gasteiger partial charge in [-0.25, -0.2) is 9.97 Å². The number of nitrogens with two attached hydrogens (primary N) is 1. The lowest BCUT2D eigenvalue weighted by atomic mass is 10.1. The molecule has 0 aliphatic carbocycles. The Morgan fingerprint density at radius 1 is 1.13 bits per heavy atom. The monoisotopic (exact) mass is 399 g/mol. The molecule has 1 amide bonds. The standard InChI is InChI=1S/C23H21N5O2/c1-2-15-5-3-4-6-18(15)28-10-9-16-13-17(7-8-19(16)28)27-11-12-30-22-20(23(27)29)21(24)25-14-26-22/h3-10,13-14H,2,11-12H2,1H3,(H2,24,25,26). The quantitative estimate of drug-likeness (QED) is 0.569. The molecule has 1 aliphatic heterocycles. The van der Waals surface area contributed by atoms with Gasteiger partial charge >= 0.3 is 0 Å². The Bertz CT molecular complexity index is 1260. The van der Waals surface area contributed by atoms with E-state index in [4.69, 9.17) is 10.5 Å². The van der Waals surface area contributed by atoms with E-state index < -0.39 is 0 Å². The Morgan fingerprint density at radius 3 is 2.87 bits per heavy atom. The predicted molar refractivity (Wildman–Crippen MR) is 116 cm³/mol. The van der Waals surface area contributed by atoms with Gasteiger partial charge in [0.15, 0.2) is 0 Å². The van der Waals surface area contributed by atoms with Crippen LogP contribution in [0.5, 0.6) is 5.88 Å². The second-order valence-corrected chi connectivity index (χ2v) is 7.16. The minimum absolute atomic E-state index is 0.125. The van der Waals surface area contributed by atoms with Gasteiger partial charge in [0.05, 0.1) is 12.1 Å². The van der Waals surface area contributed by atoms with Crippen molar-refractivity contribution < 1.29 is 9.53 Å². The van der Waals surface area contributed by atoms with E-state index >= 15 is 0 Å². The molecule has 3 heterocycles. The van der Waals surface area contributed by atoms with Gasteiger partial charge in [-0.2, -0.15) is 0 Å². The number of para-hydroxylation sites is 1. The predicted octanol–water partition coefficient (Wildman–Crippen LogP) is 3.60. The van der Waals surface area contributed by atoms with Crippen LogP contribution < -0.4 is 15.4 Å². The summed E-state index contributed by atoms with van der Waals surface area (Å²) in [6.45, 7) is 2.89. The van der Waals surface area contributed by atoms with Crippen molar-refractivity contribution in [1.29, 1.82) is 0 Å². The maximum atomic E-state index is 13.2. The molecule has 0 fully saturated rings. The number of benzene rings is 2. The Kier molecular flexibility index (Phi) is 4.35. The summed E-state index contributed by atoms with van der Waals surface area (Å²) in [5.74, 6) is 0.106. The third kappa shape index (κ3) is 2.86. The first-order valence-electron chi connectivity index (χ1n) is 9.92. The van der Waals surface area contributed by atoms with Crippen molar-refractivity contribution in [2.75, 3.05) is 23.8 Å². The maximum Gasteiger partial charge on any atom is 0.267 e. The van der Waals surface area contributed by atoms with Crippen LogP contribution in [0.3, 0.4) is 0 Å². The molecule has 30 heavy (non-hydrogen) atoms. The van der Waals surface area contributed by atoms with Crippen LogP contribution in [0.2, 0.25) is 0 Å². The minimum Gasteiger partial charge on any atom is -0.475 e. The number of ether oxygens (including phenoxy) is 1. The van der Waals surface area contributed by atoms with Crippen molar-refractivity contribution in [2.45, 2.75) is 13.3 Å². The second kappa shape index (κ2) is 7.18. The first-order chi connectivity index (χ1) is 14.7. The molecule has 0 bridgehead atoms. The minimum atomic E-state index is -0.254. The number of fused-ring (bicyclic) bond motifs is 2. The Labute approximate surface area is 173 Å². The molecule has 2 aromatic heterocycles. The fraction of sp³-hybridized carbons (Fsp3) is 0.174. The highest BCUT2D eigenvalue weighted by atomic mass is 16.5. The van der Waals surface area contributed by atoms with Gasteiger partial charge in [-0.15, -0.1) is 0 Å². The summed E-state index contributed by atoms with van der Waals surface area (Å²) in [4.78, 5) is 22.9. The van der Waals surface area contributed by atoms with Gasteiger partial charge in [0.2, 0.25) is 5.88 Å². The lowest BCUT2D eigenvalue weighted by Crippen LogP contribution is -2.32. The highest BCUT2D eigenvalue weighted by molar-refractivity contribution is 6.11. The lowest BCUT2D eigenvalue weighted by Gasteiger charge is -2.20.